The second kappa shape index (κ2) is 5.54. The number of benzene rings is 1. The lowest BCUT2D eigenvalue weighted by molar-refractivity contribution is -0.121. The van der Waals surface area contributed by atoms with Gasteiger partial charge in [-0.3, -0.25) is 4.79 Å². The van der Waals surface area contributed by atoms with Gasteiger partial charge in [0.25, 0.3) is 0 Å². The molecule has 0 aliphatic heterocycles. The molecule has 15 heavy (non-hydrogen) atoms. The van der Waals surface area contributed by atoms with Gasteiger partial charge < -0.3 is 5.32 Å². The Balaban J connectivity index is 2.65. The van der Waals surface area contributed by atoms with Crippen molar-refractivity contribution >= 4 is 5.91 Å². The van der Waals surface area contributed by atoms with Crippen LogP contribution in [-0.4, -0.2) is 5.91 Å². The first-order valence-electron chi connectivity index (χ1n) is 5.55. The van der Waals surface area contributed by atoms with Gasteiger partial charge in [0.1, 0.15) is 0 Å². The molecule has 2 heteroatoms. The molecule has 0 saturated heterocycles. The second-order valence-corrected chi connectivity index (χ2v) is 3.74. The maximum atomic E-state index is 11.2. The minimum Gasteiger partial charge on any atom is -0.350 e. The fraction of sp³-hybridized carbons (Fsp3) is 0.462. The number of hydrogen-bond acceptors (Lipinski definition) is 1. The third-order valence-corrected chi connectivity index (χ3v) is 2.59. The molecule has 2 nitrogen and oxygen atoms in total. The van der Waals surface area contributed by atoms with E-state index in [0.29, 0.717) is 6.42 Å². The Bertz CT molecular complexity index is 316. The van der Waals surface area contributed by atoms with E-state index >= 15 is 0 Å². The molecule has 1 unspecified atom stereocenters. The standard InChI is InChI=1S/C13H19NO/c1-4-11-6-8-12(9-7-11)10(3)14-13(15)5-2/h6-10H,4-5H2,1-3H3,(H,14,15). The average Bonchev–Trinajstić information content (AvgIpc) is 2.29. The minimum atomic E-state index is 0.0991. The molecule has 0 saturated carbocycles. The van der Waals surface area contributed by atoms with Gasteiger partial charge in [-0.1, -0.05) is 38.1 Å². The summed E-state index contributed by atoms with van der Waals surface area (Å²) in [5.74, 6) is 0.0991. The number of nitrogens with one attached hydrogen (secondary N) is 1. The Hall–Kier alpha value is -1.31. The van der Waals surface area contributed by atoms with Crippen molar-refractivity contribution in [3.63, 3.8) is 0 Å². The summed E-state index contributed by atoms with van der Waals surface area (Å²) in [4.78, 5) is 11.2. The van der Waals surface area contributed by atoms with Crippen molar-refractivity contribution in [2.24, 2.45) is 0 Å². The summed E-state index contributed by atoms with van der Waals surface area (Å²) in [5.41, 5.74) is 2.49. The number of rotatable bonds is 4. The summed E-state index contributed by atoms with van der Waals surface area (Å²) in [6, 6.07) is 8.50. The normalized spacial score (nSPS) is 12.2. The van der Waals surface area contributed by atoms with Crippen molar-refractivity contribution in [3.05, 3.63) is 35.4 Å². The zero-order chi connectivity index (χ0) is 11.3. The van der Waals surface area contributed by atoms with Gasteiger partial charge in [0.05, 0.1) is 6.04 Å². The van der Waals surface area contributed by atoms with Gasteiger partial charge in [0.2, 0.25) is 5.91 Å². The van der Waals surface area contributed by atoms with Crippen LogP contribution in [0.5, 0.6) is 0 Å². The van der Waals surface area contributed by atoms with Crippen LogP contribution in [0.1, 0.15) is 44.4 Å². The Morgan fingerprint density at radius 3 is 2.33 bits per heavy atom. The molecule has 82 valence electrons. The predicted octanol–water partition coefficient (Wildman–Crippen LogP) is 2.84. The largest absolute Gasteiger partial charge is 0.350 e. The topological polar surface area (TPSA) is 29.1 Å². The van der Waals surface area contributed by atoms with E-state index in [0.717, 1.165) is 12.0 Å². The van der Waals surface area contributed by atoms with Crippen LogP contribution in [0.15, 0.2) is 24.3 Å². The minimum absolute atomic E-state index is 0.0991. The van der Waals surface area contributed by atoms with Crippen LogP contribution < -0.4 is 5.32 Å². The maximum Gasteiger partial charge on any atom is 0.220 e. The van der Waals surface area contributed by atoms with E-state index < -0.39 is 0 Å². The molecule has 1 rings (SSSR count). The van der Waals surface area contributed by atoms with Gasteiger partial charge >= 0.3 is 0 Å². The lowest BCUT2D eigenvalue weighted by Gasteiger charge is -2.14. The highest BCUT2D eigenvalue weighted by Gasteiger charge is 2.07. The van der Waals surface area contributed by atoms with Crippen LogP contribution in [0.2, 0.25) is 0 Å². The molecule has 1 atom stereocenters. The van der Waals surface area contributed by atoms with E-state index in [1.165, 1.54) is 5.56 Å². The van der Waals surface area contributed by atoms with Gasteiger partial charge in [-0.25, -0.2) is 0 Å². The van der Waals surface area contributed by atoms with Crippen molar-refractivity contribution in [1.29, 1.82) is 0 Å². The van der Waals surface area contributed by atoms with Crippen molar-refractivity contribution < 1.29 is 4.79 Å². The molecule has 1 aromatic carbocycles. The fourth-order valence-corrected chi connectivity index (χ4v) is 1.47. The van der Waals surface area contributed by atoms with Crippen LogP contribution >= 0.6 is 0 Å². The summed E-state index contributed by atoms with van der Waals surface area (Å²) in [6.45, 7) is 6.01. The average molecular weight is 205 g/mol. The lowest BCUT2D eigenvalue weighted by Crippen LogP contribution is -2.25. The van der Waals surface area contributed by atoms with Gasteiger partial charge in [-0.05, 0) is 24.5 Å². The number of hydrogen-bond donors (Lipinski definition) is 1. The highest BCUT2D eigenvalue weighted by atomic mass is 16.1. The van der Waals surface area contributed by atoms with Crippen molar-refractivity contribution in [2.75, 3.05) is 0 Å². The molecule has 0 radical (unpaired) electrons. The van der Waals surface area contributed by atoms with Gasteiger partial charge in [0.15, 0.2) is 0 Å². The molecule has 0 aromatic heterocycles. The van der Waals surface area contributed by atoms with E-state index in [9.17, 15) is 4.79 Å². The SMILES string of the molecule is CCC(=O)NC(C)c1ccc(CC)cc1. The second-order valence-electron chi connectivity index (χ2n) is 3.74. The highest BCUT2D eigenvalue weighted by molar-refractivity contribution is 5.75. The molecular weight excluding hydrogens is 186 g/mol. The number of carbonyl (C=O) groups excluding carboxylic acids is 1. The van der Waals surface area contributed by atoms with Gasteiger partial charge in [-0.2, -0.15) is 0 Å². The molecule has 0 heterocycles. The first kappa shape index (κ1) is 11.8. The summed E-state index contributed by atoms with van der Waals surface area (Å²) in [7, 11) is 0. The molecule has 1 aromatic rings. The molecule has 1 amide bonds. The van der Waals surface area contributed by atoms with E-state index in [1.807, 2.05) is 13.8 Å². The van der Waals surface area contributed by atoms with E-state index in [1.54, 1.807) is 0 Å². The zero-order valence-electron chi connectivity index (χ0n) is 9.71. The Kier molecular flexibility index (Phi) is 4.35. The Morgan fingerprint density at radius 1 is 1.27 bits per heavy atom. The van der Waals surface area contributed by atoms with E-state index in [4.69, 9.17) is 0 Å². The van der Waals surface area contributed by atoms with Crippen molar-refractivity contribution in [2.45, 2.75) is 39.7 Å². The first-order chi connectivity index (χ1) is 7.17. The molecule has 0 fully saturated rings. The first-order valence-corrected chi connectivity index (χ1v) is 5.55. The summed E-state index contributed by atoms with van der Waals surface area (Å²) < 4.78 is 0. The number of carbonyl (C=O) groups is 1. The molecule has 1 N–H and O–H groups in total. The third kappa shape index (κ3) is 3.39. The van der Waals surface area contributed by atoms with Crippen LogP contribution in [0.4, 0.5) is 0 Å². The van der Waals surface area contributed by atoms with Gasteiger partial charge in [-0.15, -0.1) is 0 Å². The summed E-state index contributed by atoms with van der Waals surface area (Å²) >= 11 is 0. The summed E-state index contributed by atoms with van der Waals surface area (Å²) in [5, 5.41) is 2.94. The third-order valence-electron chi connectivity index (χ3n) is 2.59. The van der Waals surface area contributed by atoms with Crippen LogP contribution in [0, 0.1) is 0 Å². The summed E-state index contributed by atoms with van der Waals surface area (Å²) in [6.07, 6.45) is 1.59. The number of amides is 1. The predicted molar refractivity (Wildman–Crippen MR) is 62.7 cm³/mol. The molecule has 0 bridgehead atoms. The number of aryl methyl sites for hydroxylation is 1. The smallest absolute Gasteiger partial charge is 0.220 e. The van der Waals surface area contributed by atoms with Crippen molar-refractivity contribution in [3.8, 4) is 0 Å². The van der Waals surface area contributed by atoms with Crippen LogP contribution in [-0.2, 0) is 11.2 Å². The fourth-order valence-electron chi connectivity index (χ4n) is 1.47. The van der Waals surface area contributed by atoms with Crippen LogP contribution in [0.25, 0.3) is 0 Å². The van der Waals surface area contributed by atoms with E-state index in [2.05, 4.69) is 36.5 Å². The lowest BCUT2D eigenvalue weighted by atomic mass is 10.0. The van der Waals surface area contributed by atoms with E-state index in [-0.39, 0.29) is 11.9 Å². The molecule has 0 spiro atoms. The molecule has 0 aliphatic carbocycles. The Labute approximate surface area is 91.7 Å². The quantitative estimate of drug-likeness (QED) is 0.804. The molecule has 0 aliphatic rings. The monoisotopic (exact) mass is 205 g/mol. The van der Waals surface area contributed by atoms with Gasteiger partial charge in [0, 0.05) is 6.42 Å². The zero-order valence-corrected chi connectivity index (χ0v) is 9.71. The Morgan fingerprint density at radius 2 is 1.87 bits per heavy atom. The van der Waals surface area contributed by atoms with Crippen molar-refractivity contribution in [1.82, 2.24) is 5.32 Å². The highest BCUT2D eigenvalue weighted by Crippen LogP contribution is 2.13. The van der Waals surface area contributed by atoms with Crippen LogP contribution in [0.3, 0.4) is 0 Å². The molecular formula is C13H19NO. The maximum absolute atomic E-state index is 11.2.